The first-order chi connectivity index (χ1) is 13.3. The van der Waals surface area contributed by atoms with E-state index in [-0.39, 0.29) is 11.8 Å². The molecule has 0 saturated carbocycles. The Labute approximate surface area is 162 Å². The minimum Gasteiger partial charge on any atom is -0.493 e. The maximum atomic E-state index is 12.5. The van der Waals surface area contributed by atoms with Crippen molar-refractivity contribution in [3.63, 3.8) is 0 Å². The molecule has 1 aromatic heterocycles. The van der Waals surface area contributed by atoms with Gasteiger partial charge in [-0.2, -0.15) is 0 Å². The highest BCUT2D eigenvalue weighted by atomic mass is 32.1. The first-order valence-corrected chi connectivity index (χ1v) is 9.84. The first-order valence-electron chi connectivity index (χ1n) is 8.89. The average Bonchev–Trinajstić information content (AvgIpc) is 3.21. The smallest absolute Gasteiger partial charge is 0.224 e. The van der Waals surface area contributed by atoms with Crippen LogP contribution in [0.4, 0.5) is 5.69 Å². The number of thiazole rings is 1. The molecule has 0 fully saturated rings. The van der Waals surface area contributed by atoms with Gasteiger partial charge in [0, 0.05) is 23.6 Å². The topological polar surface area (TPSA) is 60.5 Å². The van der Waals surface area contributed by atoms with Crippen molar-refractivity contribution in [2.45, 2.75) is 25.4 Å². The van der Waals surface area contributed by atoms with Crippen LogP contribution in [-0.2, 0) is 11.4 Å². The highest BCUT2D eigenvalue weighted by molar-refractivity contribution is 7.07. The predicted octanol–water partition coefficient (Wildman–Crippen LogP) is 4.62. The van der Waals surface area contributed by atoms with E-state index < -0.39 is 0 Å². The number of carbonyl (C=O) groups excluding carboxylic acids is 1. The van der Waals surface area contributed by atoms with Gasteiger partial charge in [-0.05, 0) is 36.1 Å². The number of benzene rings is 2. The van der Waals surface area contributed by atoms with Crippen molar-refractivity contribution in [2.75, 3.05) is 11.9 Å². The van der Waals surface area contributed by atoms with E-state index in [2.05, 4.69) is 10.3 Å². The summed E-state index contributed by atoms with van der Waals surface area (Å²) < 4.78 is 11.4. The second-order valence-corrected chi connectivity index (χ2v) is 7.14. The van der Waals surface area contributed by atoms with Gasteiger partial charge in [0.1, 0.15) is 18.1 Å². The van der Waals surface area contributed by atoms with Crippen LogP contribution >= 0.6 is 11.3 Å². The van der Waals surface area contributed by atoms with Gasteiger partial charge in [0.25, 0.3) is 0 Å². The standard InChI is InChI=1S/C21H20N2O3S/c24-21(10-15-8-9-25-20-7-2-1-6-19(15)20)23-16-4-3-5-18(11-16)26-12-17-13-27-14-22-17/h1-7,11,13-15H,8-10,12H2,(H,23,24). The number of anilines is 1. The summed E-state index contributed by atoms with van der Waals surface area (Å²) >= 11 is 1.54. The second-order valence-electron chi connectivity index (χ2n) is 6.42. The van der Waals surface area contributed by atoms with Gasteiger partial charge in [0.05, 0.1) is 17.8 Å². The Morgan fingerprint density at radius 3 is 3.07 bits per heavy atom. The Bertz CT molecular complexity index is 911. The molecule has 1 aliphatic heterocycles. The number of nitrogens with one attached hydrogen (secondary N) is 1. The lowest BCUT2D eigenvalue weighted by molar-refractivity contribution is -0.116. The Morgan fingerprint density at radius 1 is 1.26 bits per heavy atom. The van der Waals surface area contributed by atoms with Crippen molar-refractivity contribution in [1.82, 2.24) is 4.98 Å². The number of nitrogens with zero attached hydrogens (tertiary/aromatic N) is 1. The Hall–Kier alpha value is -2.86. The van der Waals surface area contributed by atoms with Crippen LogP contribution in [0.3, 0.4) is 0 Å². The molecule has 1 unspecified atom stereocenters. The van der Waals surface area contributed by atoms with Crippen molar-refractivity contribution < 1.29 is 14.3 Å². The first kappa shape index (κ1) is 17.5. The zero-order chi connectivity index (χ0) is 18.5. The lowest BCUT2D eigenvalue weighted by Crippen LogP contribution is -2.20. The van der Waals surface area contributed by atoms with E-state index >= 15 is 0 Å². The van der Waals surface area contributed by atoms with Crippen LogP contribution in [0.2, 0.25) is 0 Å². The van der Waals surface area contributed by atoms with E-state index in [1.54, 1.807) is 16.8 Å². The Kier molecular flexibility index (Phi) is 5.34. The fourth-order valence-corrected chi connectivity index (χ4v) is 3.74. The summed E-state index contributed by atoms with van der Waals surface area (Å²) in [6.45, 7) is 1.06. The number of hydrogen-bond acceptors (Lipinski definition) is 5. The number of ether oxygens (including phenoxy) is 2. The minimum absolute atomic E-state index is 0.00615. The summed E-state index contributed by atoms with van der Waals surface area (Å²) in [5.41, 5.74) is 4.52. The molecule has 5 nitrogen and oxygen atoms in total. The van der Waals surface area contributed by atoms with Gasteiger partial charge in [-0.3, -0.25) is 4.79 Å². The van der Waals surface area contributed by atoms with Crippen molar-refractivity contribution in [3.05, 3.63) is 70.7 Å². The number of amides is 1. The van der Waals surface area contributed by atoms with E-state index in [1.807, 2.05) is 53.9 Å². The molecule has 2 heterocycles. The normalized spacial score (nSPS) is 15.5. The molecule has 0 aliphatic carbocycles. The molecule has 2 aromatic carbocycles. The monoisotopic (exact) mass is 380 g/mol. The molecule has 0 radical (unpaired) electrons. The van der Waals surface area contributed by atoms with Crippen molar-refractivity contribution in [2.24, 2.45) is 0 Å². The molecule has 1 atom stereocenters. The number of hydrogen-bond donors (Lipinski definition) is 1. The third-order valence-electron chi connectivity index (χ3n) is 4.50. The fourth-order valence-electron chi connectivity index (χ4n) is 3.19. The van der Waals surface area contributed by atoms with Crippen LogP contribution < -0.4 is 14.8 Å². The lowest BCUT2D eigenvalue weighted by atomic mass is 9.90. The van der Waals surface area contributed by atoms with Gasteiger partial charge in [0.15, 0.2) is 0 Å². The SMILES string of the molecule is O=C(CC1CCOc2ccccc21)Nc1cccc(OCc2cscn2)c1. The molecule has 138 valence electrons. The summed E-state index contributed by atoms with van der Waals surface area (Å²) in [5, 5.41) is 4.94. The molecular formula is C21H20N2O3S. The molecular weight excluding hydrogens is 360 g/mol. The summed E-state index contributed by atoms with van der Waals surface area (Å²) in [6.07, 6.45) is 1.28. The van der Waals surface area contributed by atoms with Gasteiger partial charge < -0.3 is 14.8 Å². The summed E-state index contributed by atoms with van der Waals surface area (Å²) in [7, 11) is 0. The third-order valence-corrected chi connectivity index (χ3v) is 5.14. The van der Waals surface area contributed by atoms with Crippen LogP contribution in [0.25, 0.3) is 0 Å². The van der Waals surface area contributed by atoms with Gasteiger partial charge >= 0.3 is 0 Å². The molecule has 4 rings (SSSR count). The van der Waals surface area contributed by atoms with E-state index in [0.717, 1.165) is 29.1 Å². The van der Waals surface area contributed by atoms with Crippen LogP contribution in [0.1, 0.15) is 30.0 Å². The van der Waals surface area contributed by atoms with Gasteiger partial charge in [-0.15, -0.1) is 11.3 Å². The molecule has 1 N–H and O–H groups in total. The number of aromatic nitrogens is 1. The van der Waals surface area contributed by atoms with Crippen molar-refractivity contribution in [1.29, 1.82) is 0 Å². The van der Waals surface area contributed by atoms with Gasteiger partial charge in [0.2, 0.25) is 5.91 Å². The number of carbonyl (C=O) groups is 1. The van der Waals surface area contributed by atoms with Gasteiger partial charge in [-0.1, -0.05) is 24.3 Å². The van der Waals surface area contributed by atoms with E-state index in [1.165, 1.54) is 0 Å². The highest BCUT2D eigenvalue weighted by Gasteiger charge is 2.23. The predicted molar refractivity (Wildman–Crippen MR) is 105 cm³/mol. The van der Waals surface area contributed by atoms with Crippen LogP contribution in [0, 0.1) is 0 Å². The van der Waals surface area contributed by atoms with Gasteiger partial charge in [-0.25, -0.2) is 4.98 Å². The molecule has 0 spiro atoms. The summed E-state index contributed by atoms with van der Waals surface area (Å²) in [4.78, 5) is 16.7. The Balaban J connectivity index is 1.36. The molecule has 1 aliphatic rings. The van der Waals surface area contributed by atoms with Crippen LogP contribution in [0.5, 0.6) is 11.5 Å². The zero-order valence-corrected chi connectivity index (χ0v) is 15.6. The lowest BCUT2D eigenvalue weighted by Gasteiger charge is -2.25. The number of rotatable bonds is 6. The number of para-hydroxylation sites is 1. The summed E-state index contributed by atoms with van der Waals surface area (Å²) in [5.74, 6) is 1.77. The van der Waals surface area contributed by atoms with Crippen LogP contribution in [-0.4, -0.2) is 17.5 Å². The minimum atomic E-state index is -0.00615. The molecule has 0 bridgehead atoms. The average molecular weight is 380 g/mol. The van der Waals surface area contributed by atoms with E-state index in [0.29, 0.717) is 25.4 Å². The fraction of sp³-hybridized carbons (Fsp3) is 0.238. The largest absolute Gasteiger partial charge is 0.493 e. The zero-order valence-electron chi connectivity index (χ0n) is 14.8. The summed E-state index contributed by atoms with van der Waals surface area (Å²) in [6, 6.07) is 15.4. The Morgan fingerprint density at radius 2 is 2.19 bits per heavy atom. The molecule has 1 amide bonds. The van der Waals surface area contributed by atoms with E-state index in [4.69, 9.17) is 9.47 Å². The molecule has 27 heavy (non-hydrogen) atoms. The second kappa shape index (κ2) is 8.22. The molecule has 0 saturated heterocycles. The number of fused-ring (bicyclic) bond motifs is 1. The van der Waals surface area contributed by atoms with Crippen LogP contribution in [0.15, 0.2) is 59.4 Å². The maximum Gasteiger partial charge on any atom is 0.224 e. The van der Waals surface area contributed by atoms with Crippen molar-refractivity contribution in [3.8, 4) is 11.5 Å². The quantitative estimate of drug-likeness (QED) is 0.678. The maximum absolute atomic E-state index is 12.5. The third kappa shape index (κ3) is 4.46. The highest BCUT2D eigenvalue weighted by Crippen LogP contribution is 2.35. The van der Waals surface area contributed by atoms with Crippen molar-refractivity contribution >= 4 is 22.9 Å². The molecule has 3 aromatic rings. The molecule has 6 heteroatoms. The van der Waals surface area contributed by atoms with E-state index in [9.17, 15) is 4.79 Å².